The van der Waals surface area contributed by atoms with Gasteiger partial charge in [0.05, 0.1) is 13.2 Å². The van der Waals surface area contributed by atoms with Gasteiger partial charge < -0.3 is 9.47 Å². The largest absolute Gasteiger partial charge is 0.491 e. The summed E-state index contributed by atoms with van der Waals surface area (Å²) in [6.07, 6.45) is 20.9. The summed E-state index contributed by atoms with van der Waals surface area (Å²) < 4.78 is 38.6. The lowest BCUT2D eigenvalue weighted by Gasteiger charge is -2.42. The van der Waals surface area contributed by atoms with Gasteiger partial charge in [-0.25, -0.2) is 0 Å². The summed E-state index contributed by atoms with van der Waals surface area (Å²) in [5.41, 5.74) is 1.35. The van der Waals surface area contributed by atoms with E-state index in [0.717, 1.165) is 30.1 Å². The van der Waals surface area contributed by atoms with Crippen molar-refractivity contribution in [3.63, 3.8) is 0 Å². The van der Waals surface area contributed by atoms with Gasteiger partial charge in [-0.05, 0) is 94.6 Å². The van der Waals surface area contributed by atoms with E-state index in [1.807, 2.05) is 0 Å². The third-order valence-electron chi connectivity index (χ3n) is 7.92. The molecule has 2 fully saturated rings. The molecule has 0 heterocycles. The molecule has 34 heavy (non-hydrogen) atoms. The summed E-state index contributed by atoms with van der Waals surface area (Å²) in [5.74, 6) is 1.71. The Morgan fingerprint density at radius 2 is 1.53 bits per heavy atom. The molecule has 190 valence electrons. The molecule has 0 bridgehead atoms. The van der Waals surface area contributed by atoms with E-state index in [-0.39, 0.29) is 18.1 Å². The van der Waals surface area contributed by atoms with Crippen LogP contribution in [0.3, 0.4) is 0 Å². The van der Waals surface area contributed by atoms with Crippen LogP contribution in [0.4, 0.5) is 8.78 Å². The molecular weight excluding hydrogens is 430 g/mol. The minimum atomic E-state index is -0.992. The molecule has 2 aliphatic carbocycles. The van der Waals surface area contributed by atoms with E-state index in [9.17, 15) is 8.78 Å². The molecule has 0 spiro atoms. The van der Waals surface area contributed by atoms with Gasteiger partial charge in [-0.1, -0.05) is 56.4 Å². The molecule has 0 aromatic heterocycles. The average Bonchev–Trinajstić information content (AvgIpc) is 2.85. The van der Waals surface area contributed by atoms with Crippen LogP contribution in [0.1, 0.15) is 91.4 Å². The van der Waals surface area contributed by atoms with Gasteiger partial charge in [-0.15, -0.1) is 0 Å². The first-order valence-electron chi connectivity index (χ1n) is 13.6. The Morgan fingerprint density at radius 1 is 0.912 bits per heavy atom. The lowest BCUT2D eigenvalue weighted by Crippen LogP contribution is -2.31. The Labute approximate surface area is 205 Å². The fourth-order valence-corrected chi connectivity index (χ4v) is 6.07. The number of halogens is 2. The van der Waals surface area contributed by atoms with Gasteiger partial charge in [0.25, 0.3) is 0 Å². The van der Waals surface area contributed by atoms with Crippen molar-refractivity contribution in [2.75, 3.05) is 13.2 Å². The molecule has 4 heteroatoms. The zero-order valence-corrected chi connectivity index (χ0v) is 21.5. The van der Waals surface area contributed by atoms with Crippen molar-refractivity contribution in [2.24, 2.45) is 23.7 Å². The van der Waals surface area contributed by atoms with E-state index in [1.54, 1.807) is 6.92 Å². The molecule has 4 atom stereocenters. The first-order valence-corrected chi connectivity index (χ1v) is 13.6. The minimum Gasteiger partial charge on any atom is -0.491 e. The quantitative estimate of drug-likeness (QED) is 0.222. The first-order chi connectivity index (χ1) is 16.5. The molecule has 4 unspecified atom stereocenters. The molecule has 0 aliphatic heterocycles. The van der Waals surface area contributed by atoms with Gasteiger partial charge in [-0.3, -0.25) is 0 Å². The summed E-state index contributed by atoms with van der Waals surface area (Å²) in [6, 6.07) is 2.84. The van der Waals surface area contributed by atoms with Crippen LogP contribution < -0.4 is 9.47 Å². The number of ether oxygens (including phenoxy) is 2. The normalized spacial score (nSPS) is 25.4. The number of hydrogen-bond donors (Lipinski definition) is 0. The summed E-state index contributed by atoms with van der Waals surface area (Å²) in [4.78, 5) is 0. The number of hydrogen-bond acceptors (Lipinski definition) is 2. The standard InChI is InChI=1S/C30H44F2O2/c1-4-9-23-13-15-26-21-24(14-16-25(26)20-23)12-11-22(5-2)10-7-8-19-34-28-18-17-27(33-6-3)29(31)30(28)32/h5,7,10,17-18,23-26H,4,6,8-9,11-16,19-21H2,1-3H3/b10-7-,22-5+. The molecule has 0 amide bonds. The molecular formula is C30H44F2O2. The lowest BCUT2D eigenvalue weighted by atomic mass is 9.63. The minimum absolute atomic E-state index is 0.0695. The number of allylic oxidation sites excluding steroid dienone is 3. The maximum absolute atomic E-state index is 14.1. The Hall–Kier alpha value is -1.84. The first kappa shape index (κ1) is 26.8. The van der Waals surface area contributed by atoms with Crippen molar-refractivity contribution in [2.45, 2.75) is 91.4 Å². The van der Waals surface area contributed by atoms with E-state index < -0.39 is 11.6 Å². The number of fused-ring (bicyclic) bond motifs is 1. The zero-order chi connectivity index (χ0) is 24.3. The van der Waals surface area contributed by atoms with Crippen LogP contribution in [-0.4, -0.2) is 13.2 Å². The molecule has 2 saturated carbocycles. The van der Waals surface area contributed by atoms with Crippen molar-refractivity contribution < 1.29 is 18.3 Å². The van der Waals surface area contributed by atoms with Crippen LogP contribution in [0, 0.1) is 35.3 Å². The summed E-state index contributed by atoms with van der Waals surface area (Å²) in [5, 5.41) is 0. The highest BCUT2D eigenvalue weighted by molar-refractivity contribution is 5.35. The van der Waals surface area contributed by atoms with Crippen molar-refractivity contribution in [3.05, 3.63) is 47.6 Å². The van der Waals surface area contributed by atoms with Crippen molar-refractivity contribution >= 4 is 0 Å². The molecule has 1 aromatic carbocycles. The molecule has 2 nitrogen and oxygen atoms in total. The average molecular weight is 475 g/mol. The SMILES string of the molecule is C/C=C(\C=C/CCOc1ccc(OCC)c(F)c1F)CCC1CCC2CC(CCC)CCC2C1. The molecule has 1 aromatic rings. The Balaban J connectivity index is 1.37. The zero-order valence-electron chi connectivity index (χ0n) is 21.5. The van der Waals surface area contributed by atoms with Crippen molar-refractivity contribution in [1.29, 1.82) is 0 Å². The van der Waals surface area contributed by atoms with Crippen LogP contribution in [0.25, 0.3) is 0 Å². The molecule has 0 N–H and O–H groups in total. The van der Waals surface area contributed by atoms with Crippen molar-refractivity contribution in [1.82, 2.24) is 0 Å². The highest BCUT2D eigenvalue weighted by Crippen LogP contribution is 2.46. The van der Waals surface area contributed by atoms with Gasteiger partial charge >= 0.3 is 0 Å². The van der Waals surface area contributed by atoms with Gasteiger partial charge in [0, 0.05) is 0 Å². The predicted molar refractivity (Wildman–Crippen MR) is 136 cm³/mol. The van der Waals surface area contributed by atoms with E-state index >= 15 is 0 Å². The highest BCUT2D eigenvalue weighted by atomic mass is 19.2. The maximum atomic E-state index is 14.1. The van der Waals surface area contributed by atoms with Crippen LogP contribution in [0.2, 0.25) is 0 Å². The second kappa shape index (κ2) is 13.9. The number of rotatable bonds is 12. The predicted octanol–water partition coefficient (Wildman–Crippen LogP) is 9.05. The van der Waals surface area contributed by atoms with Crippen molar-refractivity contribution in [3.8, 4) is 11.5 Å². The molecule has 3 rings (SSSR count). The lowest BCUT2D eigenvalue weighted by molar-refractivity contribution is 0.0922. The van der Waals surface area contributed by atoms with Gasteiger partial charge in [0.1, 0.15) is 0 Å². The molecule has 2 aliphatic rings. The van der Waals surface area contributed by atoms with E-state index in [1.165, 1.54) is 75.5 Å². The summed E-state index contributed by atoms with van der Waals surface area (Å²) in [6.45, 7) is 6.75. The van der Waals surface area contributed by atoms with Gasteiger partial charge in [0.2, 0.25) is 11.6 Å². The molecule has 0 saturated heterocycles. The third-order valence-corrected chi connectivity index (χ3v) is 7.92. The summed E-state index contributed by atoms with van der Waals surface area (Å²) in [7, 11) is 0. The Bertz CT molecular complexity index is 816. The van der Waals surface area contributed by atoms with Crippen LogP contribution in [0.15, 0.2) is 35.9 Å². The summed E-state index contributed by atoms with van der Waals surface area (Å²) >= 11 is 0. The second-order valence-corrected chi connectivity index (χ2v) is 10.2. The topological polar surface area (TPSA) is 18.5 Å². The smallest absolute Gasteiger partial charge is 0.204 e. The monoisotopic (exact) mass is 474 g/mol. The maximum Gasteiger partial charge on any atom is 0.204 e. The third kappa shape index (κ3) is 7.58. The van der Waals surface area contributed by atoms with Gasteiger partial charge in [0.15, 0.2) is 11.5 Å². The van der Waals surface area contributed by atoms with Crippen LogP contribution in [-0.2, 0) is 0 Å². The van der Waals surface area contributed by atoms with Crippen LogP contribution >= 0.6 is 0 Å². The second-order valence-electron chi connectivity index (χ2n) is 10.2. The molecule has 0 radical (unpaired) electrons. The highest BCUT2D eigenvalue weighted by Gasteiger charge is 2.35. The van der Waals surface area contributed by atoms with Crippen LogP contribution in [0.5, 0.6) is 11.5 Å². The van der Waals surface area contributed by atoms with E-state index in [4.69, 9.17) is 9.47 Å². The fourth-order valence-electron chi connectivity index (χ4n) is 6.07. The fraction of sp³-hybridized carbons (Fsp3) is 0.667. The Morgan fingerprint density at radius 3 is 2.12 bits per heavy atom. The van der Waals surface area contributed by atoms with E-state index in [2.05, 4.69) is 32.1 Å². The number of benzene rings is 1. The van der Waals surface area contributed by atoms with E-state index in [0.29, 0.717) is 13.0 Å². The Kier molecular flexibility index (Phi) is 10.9. The van der Waals surface area contributed by atoms with Gasteiger partial charge in [-0.2, -0.15) is 8.78 Å².